The van der Waals surface area contributed by atoms with Crippen LogP contribution >= 0.6 is 0 Å². The van der Waals surface area contributed by atoms with Crippen LogP contribution in [0.1, 0.15) is 66.0 Å². The Bertz CT molecular complexity index is 1320. The molecule has 0 bridgehead atoms. The zero-order valence-electron chi connectivity index (χ0n) is 25.6. The molecular weight excluding hydrogens is 560 g/mol. The summed E-state index contributed by atoms with van der Waals surface area (Å²) in [5.74, 6) is -3.55. The normalized spacial score (nSPS) is 20.7. The fourth-order valence-corrected chi connectivity index (χ4v) is 4.92. The minimum Gasteiger partial charge on any atom is -0.427 e. The molecule has 0 heterocycles. The van der Waals surface area contributed by atoms with Crippen molar-refractivity contribution in [2.24, 2.45) is 33.6 Å². The van der Waals surface area contributed by atoms with Gasteiger partial charge in [-0.05, 0) is 83.6 Å². The fraction of sp³-hybridized carbons (Fsp3) is 0.548. The molecule has 234 valence electrons. The number of nitrogens with zero attached hydrogens (tertiary/aromatic N) is 1. The summed E-state index contributed by atoms with van der Waals surface area (Å²) in [6.07, 6.45) is -0.251. The average Bonchev–Trinajstić information content (AvgIpc) is 3.25. The third-order valence-corrected chi connectivity index (χ3v) is 7.16. The molecule has 1 amide bonds. The van der Waals surface area contributed by atoms with Crippen molar-refractivity contribution in [3.63, 3.8) is 0 Å². The van der Waals surface area contributed by atoms with E-state index in [4.69, 9.17) is 18.9 Å². The SMILES string of the molecule is C[C@@H](O)[C@H]1C(=O)C2C(C(=O)OCOC(=O)C(C)(C)C)=C(c3cccc(CN/C=N/C(=O)OCOC(=O)C(C)(C)C)c3)CC21. The van der Waals surface area contributed by atoms with Crippen LogP contribution in [0, 0.1) is 28.6 Å². The van der Waals surface area contributed by atoms with Gasteiger partial charge in [-0.25, -0.2) is 9.59 Å². The highest BCUT2D eigenvalue weighted by Crippen LogP contribution is 2.55. The van der Waals surface area contributed by atoms with E-state index >= 15 is 0 Å². The first-order valence-electron chi connectivity index (χ1n) is 14.0. The van der Waals surface area contributed by atoms with E-state index in [1.807, 2.05) is 18.2 Å². The van der Waals surface area contributed by atoms with Gasteiger partial charge in [0.1, 0.15) is 5.78 Å². The predicted octanol–water partition coefficient (Wildman–Crippen LogP) is 3.55. The standard InChI is InChI=1S/C31H40N2O10/c1-17(34)22-21-12-20(24(23(21)25(22)35)26(36)40-15-41-27(37)30(2,3)4)19-10-8-9-18(11-19)13-32-14-33-29(39)43-16-42-28(38)31(5,6)7/h8-11,14,17,21-23,34H,12-13,15-16H2,1-7H3,(H,32,33,39)/t17-,21?,22-,23?/m1/s1. The third kappa shape index (κ3) is 8.28. The van der Waals surface area contributed by atoms with Gasteiger partial charge >= 0.3 is 24.0 Å². The molecular formula is C31H40N2O10. The van der Waals surface area contributed by atoms with Crippen LogP contribution in [0.15, 0.2) is 34.8 Å². The molecule has 0 radical (unpaired) electrons. The van der Waals surface area contributed by atoms with E-state index in [1.165, 1.54) is 0 Å². The maximum absolute atomic E-state index is 13.2. The number of carbonyl (C=O) groups excluding carboxylic acids is 5. The minimum atomic E-state index is -0.941. The first kappa shape index (κ1) is 33.4. The summed E-state index contributed by atoms with van der Waals surface area (Å²) in [4.78, 5) is 65.3. The van der Waals surface area contributed by atoms with Crippen molar-refractivity contribution in [1.82, 2.24) is 5.32 Å². The summed E-state index contributed by atoms with van der Waals surface area (Å²) in [7, 11) is 0. The number of Topliss-reactive ketones (excluding diaryl/α,β-unsaturated/α-hetero) is 1. The molecule has 3 rings (SSSR count). The molecule has 2 aliphatic rings. The number of aliphatic hydroxyl groups is 1. The van der Waals surface area contributed by atoms with Crippen LogP contribution in [0.4, 0.5) is 4.79 Å². The van der Waals surface area contributed by atoms with Crippen LogP contribution in [0.2, 0.25) is 0 Å². The second-order valence-corrected chi connectivity index (χ2v) is 12.7. The number of amides is 1. The number of hydrogen-bond donors (Lipinski definition) is 2. The lowest BCUT2D eigenvalue weighted by Crippen LogP contribution is -2.51. The predicted molar refractivity (Wildman–Crippen MR) is 154 cm³/mol. The van der Waals surface area contributed by atoms with Crippen molar-refractivity contribution in [1.29, 1.82) is 0 Å². The number of aliphatic imine (C=N–C) groups is 1. The molecule has 0 aromatic heterocycles. The molecule has 43 heavy (non-hydrogen) atoms. The fourth-order valence-electron chi connectivity index (χ4n) is 4.92. The Kier molecular flexibility index (Phi) is 10.5. The Morgan fingerprint density at radius 1 is 1.00 bits per heavy atom. The lowest BCUT2D eigenvalue weighted by Gasteiger charge is -2.41. The van der Waals surface area contributed by atoms with E-state index in [-0.39, 0.29) is 23.8 Å². The summed E-state index contributed by atoms with van der Waals surface area (Å²) in [6, 6.07) is 7.26. The van der Waals surface area contributed by atoms with Gasteiger partial charge in [0.15, 0.2) is 0 Å². The van der Waals surface area contributed by atoms with Crippen LogP contribution in [0.3, 0.4) is 0 Å². The smallest absolute Gasteiger partial charge is 0.427 e. The topological polar surface area (TPSA) is 167 Å². The number of aliphatic hydroxyl groups excluding tert-OH is 1. The van der Waals surface area contributed by atoms with Gasteiger partial charge in [-0.2, -0.15) is 4.99 Å². The van der Waals surface area contributed by atoms with Crippen LogP contribution in [-0.2, 0) is 44.7 Å². The highest BCUT2D eigenvalue weighted by molar-refractivity contribution is 6.10. The Morgan fingerprint density at radius 3 is 2.19 bits per heavy atom. The van der Waals surface area contributed by atoms with Crippen molar-refractivity contribution in [2.75, 3.05) is 13.6 Å². The molecule has 12 nitrogen and oxygen atoms in total. The zero-order valence-corrected chi connectivity index (χ0v) is 25.6. The van der Waals surface area contributed by atoms with E-state index < -0.39 is 66.4 Å². The highest BCUT2D eigenvalue weighted by Gasteiger charge is 2.58. The number of ketones is 1. The van der Waals surface area contributed by atoms with Crippen molar-refractivity contribution in [3.8, 4) is 0 Å². The number of fused-ring (bicyclic) bond motifs is 1. The van der Waals surface area contributed by atoms with Gasteiger partial charge in [0.2, 0.25) is 13.6 Å². The number of benzene rings is 1. The van der Waals surface area contributed by atoms with Crippen LogP contribution in [0.5, 0.6) is 0 Å². The van der Waals surface area contributed by atoms with Crippen molar-refractivity contribution in [2.45, 2.75) is 67.5 Å². The molecule has 1 fully saturated rings. The molecule has 12 heteroatoms. The number of esters is 3. The lowest BCUT2D eigenvalue weighted by molar-refractivity contribution is -0.172. The van der Waals surface area contributed by atoms with Gasteiger partial charge in [-0.15, -0.1) is 0 Å². The lowest BCUT2D eigenvalue weighted by atomic mass is 9.61. The number of nitrogens with one attached hydrogen (secondary N) is 1. The maximum atomic E-state index is 13.2. The Hall–Kier alpha value is -4.06. The quantitative estimate of drug-likeness (QED) is 0.174. The monoisotopic (exact) mass is 600 g/mol. The molecule has 0 aliphatic heterocycles. The average molecular weight is 601 g/mol. The second-order valence-electron chi connectivity index (χ2n) is 12.7. The van der Waals surface area contributed by atoms with E-state index in [0.29, 0.717) is 17.6 Å². The van der Waals surface area contributed by atoms with Crippen LogP contribution < -0.4 is 5.32 Å². The largest absolute Gasteiger partial charge is 0.437 e. The van der Waals surface area contributed by atoms with Crippen molar-refractivity contribution < 1.29 is 48.0 Å². The van der Waals surface area contributed by atoms with Gasteiger partial charge in [0, 0.05) is 12.5 Å². The van der Waals surface area contributed by atoms with E-state index in [2.05, 4.69) is 10.3 Å². The van der Waals surface area contributed by atoms with Gasteiger partial charge in [0.05, 0.1) is 34.8 Å². The number of allylic oxidation sites excluding steroid dienone is 1. The van der Waals surface area contributed by atoms with Gasteiger partial charge in [-0.1, -0.05) is 18.2 Å². The zero-order chi connectivity index (χ0) is 32.1. The summed E-state index contributed by atoms with van der Waals surface area (Å²) in [6.45, 7) is 10.7. The number of rotatable bonds is 10. The number of ether oxygens (including phenoxy) is 4. The molecule has 1 saturated carbocycles. The molecule has 0 saturated heterocycles. The molecule has 2 N–H and O–H groups in total. The minimum absolute atomic E-state index is 0.209. The molecule has 2 unspecified atom stereocenters. The summed E-state index contributed by atoms with van der Waals surface area (Å²) in [5.41, 5.74) is 0.818. The van der Waals surface area contributed by atoms with Gasteiger partial charge in [-0.3, -0.25) is 14.4 Å². The number of carbonyl (C=O) groups is 5. The Labute approximate surface area is 250 Å². The molecule has 2 aliphatic carbocycles. The molecule has 4 atom stereocenters. The molecule has 1 aromatic carbocycles. The van der Waals surface area contributed by atoms with Gasteiger partial charge in [0.25, 0.3) is 0 Å². The third-order valence-electron chi connectivity index (χ3n) is 7.16. The Morgan fingerprint density at radius 2 is 1.60 bits per heavy atom. The van der Waals surface area contributed by atoms with E-state index in [1.54, 1.807) is 54.5 Å². The summed E-state index contributed by atoms with van der Waals surface area (Å²) < 4.78 is 20.0. The van der Waals surface area contributed by atoms with Crippen molar-refractivity contribution >= 4 is 41.7 Å². The maximum Gasteiger partial charge on any atom is 0.437 e. The first-order valence-corrected chi connectivity index (χ1v) is 14.0. The second kappa shape index (κ2) is 13.5. The Balaban J connectivity index is 1.68. The van der Waals surface area contributed by atoms with E-state index in [0.717, 1.165) is 11.9 Å². The van der Waals surface area contributed by atoms with E-state index in [9.17, 15) is 29.1 Å². The van der Waals surface area contributed by atoms with Crippen LogP contribution in [-0.4, -0.2) is 60.9 Å². The summed E-state index contributed by atoms with van der Waals surface area (Å²) >= 11 is 0. The first-order chi connectivity index (χ1) is 20.0. The number of hydrogen-bond acceptors (Lipinski definition) is 10. The highest BCUT2D eigenvalue weighted by atomic mass is 16.7. The van der Waals surface area contributed by atoms with Crippen molar-refractivity contribution in [3.05, 3.63) is 41.0 Å². The molecule has 1 aromatic rings. The van der Waals surface area contributed by atoms with Gasteiger partial charge < -0.3 is 29.4 Å². The summed E-state index contributed by atoms with van der Waals surface area (Å²) in [5, 5.41) is 13.0. The van der Waals surface area contributed by atoms with Crippen LogP contribution in [0.25, 0.3) is 5.57 Å². The molecule has 0 spiro atoms.